The Labute approximate surface area is 211 Å². The van der Waals surface area contributed by atoms with Crippen LogP contribution >= 0.6 is 27.5 Å². The quantitative estimate of drug-likeness (QED) is 0.481. The zero-order valence-electron chi connectivity index (χ0n) is 20.3. The number of amides is 1. The van der Waals surface area contributed by atoms with Crippen LogP contribution in [0.3, 0.4) is 0 Å². The number of halogens is 2. The first kappa shape index (κ1) is 26.0. The van der Waals surface area contributed by atoms with Gasteiger partial charge in [0, 0.05) is 41.6 Å². The number of allylic oxidation sites excluding steroid dienone is 3. The number of rotatable bonds is 7. The van der Waals surface area contributed by atoms with Crippen molar-refractivity contribution in [2.75, 3.05) is 32.1 Å². The van der Waals surface area contributed by atoms with Crippen molar-refractivity contribution in [2.45, 2.75) is 65.0 Å². The van der Waals surface area contributed by atoms with Gasteiger partial charge in [-0.15, -0.1) is 0 Å². The molecule has 33 heavy (non-hydrogen) atoms. The van der Waals surface area contributed by atoms with E-state index in [9.17, 15) is 9.59 Å². The number of hydrogen-bond acceptors (Lipinski definition) is 4. The lowest BCUT2D eigenvalue weighted by Crippen LogP contribution is -2.42. The van der Waals surface area contributed by atoms with Crippen molar-refractivity contribution in [2.24, 2.45) is 0 Å². The van der Waals surface area contributed by atoms with Crippen molar-refractivity contribution in [1.82, 2.24) is 10.2 Å². The van der Waals surface area contributed by atoms with Gasteiger partial charge in [0.05, 0.1) is 16.3 Å². The molecule has 3 rings (SSSR count). The Morgan fingerprint density at radius 1 is 1.15 bits per heavy atom. The monoisotopic (exact) mass is 535 g/mol. The summed E-state index contributed by atoms with van der Waals surface area (Å²) in [6.07, 6.45) is 6.93. The number of carbonyl (C=O) groups is 2. The number of nitrogens with zero attached hydrogens (tertiary/aromatic N) is 2. The minimum absolute atomic E-state index is 0.0688. The molecule has 1 aromatic carbocycles. The third-order valence-electron chi connectivity index (χ3n) is 6.89. The van der Waals surface area contributed by atoms with E-state index in [1.165, 1.54) is 0 Å². The van der Waals surface area contributed by atoms with Crippen molar-refractivity contribution in [3.8, 4) is 0 Å². The Morgan fingerprint density at radius 3 is 2.36 bits per heavy atom. The summed E-state index contributed by atoms with van der Waals surface area (Å²) in [7, 11) is 4.29. The minimum Gasteiger partial charge on any atom is -0.368 e. The Bertz CT molecular complexity index is 978. The molecule has 5 nitrogen and oxygen atoms in total. The molecule has 0 aromatic heterocycles. The summed E-state index contributed by atoms with van der Waals surface area (Å²) < 4.78 is 0.815. The first-order valence-corrected chi connectivity index (χ1v) is 12.9. The molecule has 0 radical (unpaired) electrons. The molecule has 1 fully saturated rings. The molecule has 1 amide bonds. The predicted molar refractivity (Wildman–Crippen MR) is 140 cm³/mol. The second-order valence-electron chi connectivity index (χ2n) is 9.43. The van der Waals surface area contributed by atoms with Crippen LogP contribution in [-0.4, -0.2) is 55.9 Å². The van der Waals surface area contributed by atoms with Gasteiger partial charge in [0.1, 0.15) is 0 Å². The zero-order chi connectivity index (χ0) is 24.3. The molecule has 0 heterocycles. The van der Waals surface area contributed by atoms with Crippen LogP contribution in [-0.2, 0) is 4.79 Å². The summed E-state index contributed by atoms with van der Waals surface area (Å²) >= 11 is 10.4. The second-order valence-corrected chi connectivity index (χ2v) is 10.7. The van der Waals surface area contributed by atoms with Crippen LogP contribution in [0.5, 0.6) is 0 Å². The molecule has 0 bridgehead atoms. The summed E-state index contributed by atoms with van der Waals surface area (Å²) in [6, 6.07) is 4.78. The van der Waals surface area contributed by atoms with Crippen molar-refractivity contribution in [3.05, 3.63) is 50.0 Å². The van der Waals surface area contributed by atoms with Gasteiger partial charge < -0.3 is 15.1 Å². The van der Waals surface area contributed by atoms with Crippen LogP contribution in [0.25, 0.3) is 0 Å². The van der Waals surface area contributed by atoms with E-state index in [-0.39, 0.29) is 18.2 Å². The number of carbonyl (C=O) groups excluding carboxylic acids is 2. The zero-order valence-corrected chi connectivity index (χ0v) is 22.6. The SMILES string of the molecule is CCN(c1cc(Br)cc(C(=O)NCC2=C(C)C=C(C)CC2=O)c1Cl)C1CCC(N(C)C)CC1. The van der Waals surface area contributed by atoms with Crippen LogP contribution in [0.2, 0.25) is 5.02 Å². The first-order valence-electron chi connectivity index (χ1n) is 11.7. The molecule has 1 aromatic rings. The van der Waals surface area contributed by atoms with Gasteiger partial charge in [-0.2, -0.15) is 0 Å². The lowest BCUT2D eigenvalue weighted by Gasteiger charge is -2.40. The first-order chi connectivity index (χ1) is 15.6. The van der Waals surface area contributed by atoms with Gasteiger partial charge in [-0.1, -0.05) is 39.2 Å². The van der Waals surface area contributed by atoms with Gasteiger partial charge in [0.2, 0.25) is 0 Å². The maximum atomic E-state index is 13.1. The molecular formula is C26H35BrClN3O2. The summed E-state index contributed by atoms with van der Waals surface area (Å²) in [5.74, 6) is -0.200. The third kappa shape index (κ3) is 6.09. The number of Topliss-reactive ketones (excluding diaryl/α,β-unsaturated/α-hetero) is 1. The standard InChI is InChI=1S/C26H35BrClN3O2/c1-6-31(20-9-7-19(8-10-20)30(4)5)23-14-18(27)13-21(25(23)28)26(33)29-15-22-17(3)11-16(2)12-24(22)32/h11,13-14,19-20H,6-10,12,15H2,1-5H3,(H,29,33). The average Bonchev–Trinajstić information content (AvgIpc) is 2.75. The third-order valence-corrected chi connectivity index (χ3v) is 7.75. The van der Waals surface area contributed by atoms with E-state index in [0.29, 0.717) is 34.7 Å². The summed E-state index contributed by atoms with van der Waals surface area (Å²) in [6.45, 7) is 7.02. The van der Waals surface area contributed by atoms with E-state index in [1.54, 1.807) is 6.07 Å². The van der Waals surface area contributed by atoms with Crippen molar-refractivity contribution >= 4 is 44.9 Å². The van der Waals surface area contributed by atoms with Crippen molar-refractivity contribution in [3.63, 3.8) is 0 Å². The maximum absolute atomic E-state index is 13.1. The number of benzene rings is 1. The molecule has 2 aliphatic carbocycles. The second kappa shape index (κ2) is 11.2. The molecule has 2 aliphatic rings. The molecule has 0 spiro atoms. The highest BCUT2D eigenvalue weighted by molar-refractivity contribution is 9.10. The highest BCUT2D eigenvalue weighted by atomic mass is 79.9. The molecule has 1 N–H and O–H groups in total. The fourth-order valence-electron chi connectivity index (χ4n) is 5.05. The minimum atomic E-state index is -0.269. The van der Waals surface area contributed by atoms with Gasteiger partial charge in [0.25, 0.3) is 5.91 Å². The lowest BCUT2D eigenvalue weighted by molar-refractivity contribution is -0.115. The highest BCUT2D eigenvalue weighted by Crippen LogP contribution is 2.37. The topological polar surface area (TPSA) is 52.7 Å². The van der Waals surface area contributed by atoms with E-state index in [0.717, 1.165) is 53.5 Å². The molecule has 0 saturated heterocycles. The summed E-state index contributed by atoms with van der Waals surface area (Å²) in [5, 5.41) is 3.38. The van der Waals surface area contributed by atoms with E-state index in [1.807, 2.05) is 26.0 Å². The van der Waals surface area contributed by atoms with Gasteiger partial charge >= 0.3 is 0 Å². The maximum Gasteiger partial charge on any atom is 0.253 e. The van der Waals surface area contributed by atoms with Crippen LogP contribution in [0.15, 0.2) is 39.4 Å². The largest absolute Gasteiger partial charge is 0.368 e. The molecular weight excluding hydrogens is 502 g/mol. The smallest absolute Gasteiger partial charge is 0.253 e. The molecule has 7 heteroatoms. The van der Waals surface area contributed by atoms with Crippen LogP contribution in [0, 0.1) is 0 Å². The predicted octanol–water partition coefficient (Wildman–Crippen LogP) is 5.77. The van der Waals surface area contributed by atoms with Crippen molar-refractivity contribution in [1.29, 1.82) is 0 Å². The number of anilines is 1. The van der Waals surface area contributed by atoms with E-state index in [4.69, 9.17) is 11.6 Å². The van der Waals surface area contributed by atoms with Crippen LogP contribution in [0.1, 0.15) is 63.2 Å². The van der Waals surface area contributed by atoms with E-state index >= 15 is 0 Å². The van der Waals surface area contributed by atoms with Gasteiger partial charge in [-0.25, -0.2) is 0 Å². The average molecular weight is 537 g/mol. The molecule has 180 valence electrons. The normalized spacial score (nSPS) is 21.3. The number of nitrogens with one attached hydrogen (secondary N) is 1. The number of ketones is 1. The fourth-order valence-corrected chi connectivity index (χ4v) is 5.80. The Kier molecular flexibility index (Phi) is 8.82. The molecule has 0 aliphatic heterocycles. The van der Waals surface area contributed by atoms with Crippen LogP contribution in [0.4, 0.5) is 5.69 Å². The Hall–Kier alpha value is -1.63. The molecule has 1 saturated carbocycles. The van der Waals surface area contributed by atoms with Gasteiger partial charge in [0.15, 0.2) is 5.78 Å². The fraction of sp³-hybridized carbons (Fsp3) is 0.538. The summed E-state index contributed by atoms with van der Waals surface area (Å²) in [4.78, 5) is 30.2. The summed E-state index contributed by atoms with van der Waals surface area (Å²) in [5.41, 5.74) is 3.93. The van der Waals surface area contributed by atoms with Gasteiger partial charge in [-0.3, -0.25) is 9.59 Å². The van der Waals surface area contributed by atoms with Crippen LogP contribution < -0.4 is 10.2 Å². The van der Waals surface area contributed by atoms with Gasteiger partial charge in [-0.05, 0) is 78.3 Å². The lowest BCUT2D eigenvalue weighted by atomic mass is 9.89. The Morgan fingerprint density at radius 2 is 1.79 bits per heavy atom. The molecule has 0 unspecified atom stereocenters. The van der Waals surface area contributed by atoms with Crippen molar-refractivity contribution < 1.29 is 9.59 Å². The van der Waals surface area contributed by atoms with E-state index in [2.05, 4.69) is 52.1 Å². The highest BCUT2D eigenvalue weighted by Gasteiger charge is 2.29. The Balaban J connectivity index is 1.79. The molecule has 0 atom stereocenters. The van der Waals surface area contributed by atoms with E-state index < -0.39 is 0 Å². The number of hydrogen-bond donors (Lipinski definition) is 1.